The van der Waals surface area contributed by atoms with E-state index in [0.29, 0.717) is 19.6 Å². The molecule has 0 radical (unpaired) electrons. The van der Waals surface area contributed by atoms with Crippen LogP contribution in [-0.4, -0.2) is 36.5 Å². The molecule has 1 aromatic rings. The number of thiophene rings is 1. The average Bonchev–Trinajstić information content (AvgIpc) is 2.95. The molecule has 118 valence electrons. The molecule has 0 N–H and O–H groups in total. The molecule has 0 aliphatic heterocycles. The van der Waals surface area contributed by atoms with Crippen LogP contribution in [0.2, 0.25) is 0 Å². The van der Waals surface area contributed by atoms with Gasteiger partial charge in [-0.25, -0.2) is 0 Å². The average molecular weight is 311 g/mol. The summed E-state index contributed by atoms with van der Waals surface area (Å²) in [6.45, 7) is 5.48. The lowest BCUT2D eigenvalue weighted by Crippen LogP contribution is -2.35. The van der Waals surface area contributed by atoms with Crippen LogP contribution in [0.3, 0.4) is 0 Å². The van der Waals surface area contributed by atoms with E-state index in [1.165, 1.54) is 0 Å². The van der Waals surface area contributed by atoms with Crippen molar-refractivity contribution < 1.29 is 14.3 Å². The highest BCUT2D eigenvalue weighted by Crippen LogP contribution is 2.11. The van der Waals surface area contributed by atoms with Gasteiger partial charge in [0.05, 0.1) is 19.4 Å². The summed E-state index contributed by atoms with van der Waals surface area (Å²) >= 11 is 1.59. The second kappa shape index (κ2) is 10.4. The third kappa shape index (κ3) is 7.27. The summed E-state index contributed by atoms with van der Waals surface area (Å²) in [5.74, 6) is -0.139. The number of ether oxygens (including phenoxy) is 1. The van der Waals surface area contributed by atoms with Crippen LogP contribution in [0.25, 0.3) is 0 Å². The highest BCUT2D eigenvalue weighted by Gasteiger charge is 2.16. The highest BCUT2D eigenvalue weighted by molar-refractivity contribution is 7.10. The SMILES string of the molecule is CCCCCN(CCC(=O)OCC)C(=O)Cc1cccs1. The first-order valence-corrected chi connectivity index (χ1v) is 8.51. The summed E-state index contributed by atoms with van der Waals surface area (Å²) in [5.41, 5.74) is 0. The van der Waals surface area contributed by atoms with E-state index in [9.17, 15) is 9.59 Å². The van der Waals surface area contributed by atoms with Gasteiger partial charge in [-0.2, -0.15) is 0 Å². The van der Waals surface area contributed by atoms with Crippen LogP contribution in [0.5, 0.6) is 0 Å². The van der Waals surface area contributed by atoms with Crippen molar-refractivity contribution in [3.8, 4) is 0 Å². The molecule has 0 spiro atoms. The maximum absolute atomic E-state index is 12.4. The van der Waals surface area contributed by atoms with E-state index in [1.54, 1.807) is 23.2 Å². The number of esters is 1. The molecule has 1 rings (SSSR count). The van der Waals surface area contributed by atoms with Gasteiger partial charge < -0.3 is 9.64 Å². The zero-order chi connectivity index (χ0) is 15.5. The van der Waals surface area contributed by atoms with Crippen molar-refractivity contribution in [3.63, 3.8) is 0 Å². The lowest BCUT2D eigenvalue weighted by molar-refractivity contribution is -0.144. The van der Waals surface area contributed by atoms with Crippen LogP contribution in [0.1, 0.15) is 44.4 Å². The number of amides is 1. The molecule has 21 heavy (non-hydrogen) atoms. The molecule has 1 aromatic heterocycles. The zero-order valence-electron chi connectivity index (χ0n) is 13.0. The Labute approximate surface area is 131 Å². The van der Waals surface area contributed by atoms with Gasteiger partial charge in [-0.05, 0) is 24.8 Å². The van der Waals surface area contributed by atoms with E-state index in [2.05, 4.69) is 6.92 Å². The summed E-state index contributed by atoms with van der Waals surface area (Å²) in [5, 5.41) is 1.97. The van der Waals surface area contributed by atoms with Crippen molar-refractivity contribution in [2.75, 3.05) is 19.7 Å². The molecule has 0 fully saturated rings. The van der Waals surface area contributed by atoms with Gasteiger partial charge in [0.1, 0.15) is 0 Å². The standard InChI is InChI=1S/C16H25NO3S/c1-3-5-6-10-17(11-9-16(19)20-4-2)15(18)13-14-8-7-12-21-14/h7-8,12H,3-6,9-11,13H2,1-2H3. The Hall–Kier alpha value is -1.36. The number of hydrogen-bond acceptors (Lipinski definition) is 4. The monoisotopic (exact) mass is 311 g/mol. The molecule has 5 heteroatoms. The van der Waals surface area contributed by atoms with Crippen LogP contribution >= 0.6 is 11.3 Å². The first-order valence-electron chi connectivity index (χ1n) is 7.63. The Bertz CT molecular complexity index is 417. The Morgan fingerprint density at radius 2 is 2.05 bits per heavy atom. The van der Waals surface area contributed by atoms with Crippen molar-refractivity contribution in [1.29, 1.82) is 0 Å². The second-order valence-electron chi connectivity index (χ2n) is 4.90. The minimum atomic E-state index is -0.234. The van der Waals surface area contributed by atoms with Crippen molar-refractivity contribution in [2.24, 2.45) is 0 Å². The molecule has 1 heterocycles. The van der Waals surface area contributed by atoms with Gasteiger partial charge in [0, 0.05) is 18.0 Å². The maximum Gasteiger partial charge on any atom is 0.307 e. The van der Waals surface area contributed by atoms with Crippen LogP contribution in [0.4, 0.5) is 0 Å². The van der Waals surface area contributed by atoms with Crippen molar-refractivity contribution in [3.05, 3.63) is 22.4 Å². The Kier molecular flexibility index (Phi) is 8.74. The molecule has 0 atom stereocenters. The van der Waals surface area contributed by atoms with Gasteiger partial charge in [-0.1, -0.05) is 25.8 Å². The number of unbranched alkanes of at least 4 members (excludes halogenated alkanes) is 2. The van der Waals surface area contributed by atoms with E-state index in [0.717, 1.165) is 30.7 Å². The zero-order valence-corrected chi connectivity index (χ0v) is 13.8. The number of rotatable bonds is 10. The van der Waals surface area contributed by atoms with Gasteiger partial charge in [0.25, 0.3) is 0 Å². The van der Waals surface area contributed by atoms with Crippen LogP contribution in [0, 0.1) is 0 Å². The summed E-state index contributed by atoms with van der Waals surface area (Å²) in [4.78, 5) is 26.7. The molecule has 0 saturated carbocycles. The number of carbonyl (C=O) groups excluding carboxylic acids is 2. The van der Waals surface area contributed by atoms with Gasteiger partial charge in [-0.3, -0.25) is 9.59 Å². The minimum Gasteiger partial charge on any atom is -0.466 e. The summed E-state index contributed by atoms with van der Waals surface area (Å²) in [6.07, 6.45) is 3.89. The van der Waals surface area contributed by atoms with E-state index in [4.69, 9.17) is 4.74 Å². The fourth-order valence-corrected chi connectivity index (χ4v) is 2.74. The molecule has 1 amide bonds. The first-order chi connectivity index (χ1) is 10.2. The molecular formula is C16H25NO3S. The van der Waals surface area contributed by atoms with Crippen molar-refractivity contribution in [2.45, 2.75) is 46.0 Å². The highest BCUT2D eigenvalue weighted by atomic mass is 32.1. The maximum atomic E-state index is 12.4. The summed E-state index contributed by atoms with van der Waals surface area (Å²) in [6, 6.07) is 3.92. The predicted molar refractivity (Wildman–Crippen MR) is 85.4 cm³/mol. The van der Waals surface area contributed by atoms with Crippen molar-refractivity contribution >= 4 is 23.2 Å². The molecule has 0 saturated heterocycles. The number of hydrogen-bond donors (Lipinski definition) is 0. The number of carbonyl (C=O) groups is 2. The van der Waals surface area contributed by atoms with E-state index in [1.807, 2.05) is 17.5 Å². The lowest BCUT2D eigenvalue weighted by atomic mass is 10.2. The van der Waals surface area contributed by atoms with Gasteiger partial charge in [-0.15, -0.1) is 11.3 Å². The number of nitrogens with zero attached hydrogens (tertiary/aromatic N) is 1. The lowest BCUT2D eigenvalue weighted by Gasteiger charge is -2.22. The van der Waals surface area contributed by atoms with Gasteiger partial charge in [0.15, 0.2) is 0 Å². The topological polar surface area (TPSA) is 46.6 Å². The first kappa shape index (κ1) is 17.7. The molecule has 0 aliphatic rings. The molecule has 0 unspecified atom stereocenters. The van der Waals surface area contributed by atoms with Crippen LogP contribution in [-0.2, 0) is 20.7 Å². The molecule has 4 nitrogen and oxygen atoms in total. The van der Waals surface area contributed by atoms with E-state index in [-0.39, 0.29) is 18.3 Å². The molecule has 0 bridgehead atoms. The van der Waals surface area contributed by atoms with Crippen LogP contribution < -0.4 is 0 Å². The smallest absolute Gasteiger partial charge is 0.307 e. The molecular weight excluding hydrogens is 286 g/mol. The van der Waals surface area contributed by atoms with Gasteiger partial charge in [0.2, 0.25) is 5.91 Å². The Balaban J connectivity index is 2.49. The quantitative estimate of drug-likeness (QED) is 0.492. The molecule has 0 aliphatic carbocycles. The Morgan fingerprint density at radius 1 is 1.24 bits per heavy atom. The third-order valence-corrected chi connectivity index (χ3v) is 4.06. The normalized spacial score (nSPS) is 10.4. The van der Waals surface area contributed by atoms with E-state index < -0.39 is 0 Å². The van der Waals surface area contributed by atoms with Gasteiger partial charge >= 0.3 is 5.97 Å². The predicted octanol–water partition coefficient (Wildman–Crippen LogP) is 3.26. The largest absolute Gasteiger partial charge is 0.466 e. The summed E-state index contributed by atoms with van der Waals surface area (Å²) < 4.78 is 4.93. The molecule has 0 aromatic carbocycles. The minimum absolute atomic E-state index is 0.0952. The second-order valence-corrected chi connectivity index (χ2v) is 5.93. The summed E-state index contributed by atoms with van der Waals surface area (Å²) in [7, 11) is 0. The van der Waals surface area contributed by atoms with Crippen molar-refractivity contribution in [1.82, 2.24) is 4.90 Å². The van der Waals surface area contributed by atoms with E-state index >= 15 is 0 Å². The fraction of sp³-hybridized carbons (Fsp3) is 0.625. The van der Waals surface area contributed by atoms with Crippen LogP contribution in [0.15, 0.2) is 17.5 Å². The third-order valence-electron chi connectivity index (χ3n) is 3.18. The Morgan fingerprint density at radius 3 is 2.67 bits per heavy atom. The fourth-order valence-electron chi connectivity index (χ4n) is 2.05.